The van der Waals surface area contributed by atoms with Crippen LogP contribution in [0, 0.1) is 0 Å². The van der Waals surface area contributed by atoms with Crippen molar-refractivity contribution in [2.24, 2.45) is 10.3 Å². The van der Waals surface area contributed by atoms with E-state index in [0.29, 0.717) is 11.4 Å². The van der Waals surface area contributed by atoms with Crippen LogP contribution < -0.4 is 0 Å². The average molecular weight is 142 g/mol. The van der Waals surface area contributed by atoms with Crippen molar-refractivity contribution in [2.75, 3.05) is 0 Å². The van der Waals surface area contributed by atoms with Crippen molar-refractivity contribution in [1.29, 1.82) is 0 Å². The molecule has 0 unspecified atom stereocenters. The summed E-state index contributed by atoms with van der Waals surface area (Å²) in [5.74, 6) is 0. The van der Waals surface area contributed by atoms with Gasteiger partial charge in [0.1, 0.15) is 11.4 Å². The minimum Gasteiger partial charge on any atom is -0.411 e. The molecular formula is C6H10N2O2. The fourth-order valence-electron chi connectivity index (χ4n) is 1.09. The first-order valence-electron chi connectivity index (χ1n) is 3.30. The van der Waals surface area contributed by atoms with Crippen LogP contribution in [0.2, 0.25) is 0 Å². The Labute approximate surface area is 58.8 Å². The van der Waals surface area contributed by atoms with Gasteiger partial charge < -0.3 is 10.4 Å². The van der Waals surface area contributed by atoms with E-state index in [2.05, 4.69) is 10.3 Å². The van der Waals surface area contributed by atoms with Gasteiger partial charge in [0.25, 0.3) is 0 Å². The summed E-state index contributed by atoms with van der Waals surface area (Å²) in [6.07, 6.45) is 3.46. The summed E-state index contributed by atoms with van der Waals surface area (Å²) in [4.78, 5) is 0. The molecule has 0 bridgehead atoms. The molecule has 56 valence electrons. The van der Waals surface area contributed by atoms with Crippen molar-refractivity contribution in [2.45, 2.75) is 25.7 Å². The van der Waals surface area contributed by atoms with Gasteiger partial charge >= 0.3 is 0 Å². The minimum atomic E-state index is 0.522. The molecule has 0 spiro atoms. The molecule has 10 heavy (non-hydrogen) atoms. The van der Waals surface area contributed by atoms with E-state index in [-0.39, 0.29) is 0 Å². The van der Waals surface area contributed by atoms with Gasteiger partial charge in [-0.05, 0) is 25.7 Å². The van der Waals surface area contributed by atoms with Crippen molar-refractivity contribution < 1.29 is 10.4 Å². The van der Waals surface area contributed by atoms with E-state index in [0.717, 1.165) is 25.7 Å². The van der Waals surface area contributed by atoms with Gasteiger partial charge in [-0.1, -0.05) is 10.3 Å². The molecule has 0 radical (unpaired) electrons. The van der Waals surface area contributed by atoms with Crippen molar-refractivity contribution in [3.8, 4) is 0 Å². The fourth-order valence-corrected chi connectivity index (χ4v) is 1.09. The van der Waals surface area contributed by atoms with Gasteiger partial charge in [0.15, 0.2) is 0 Å². The van der Waals surface area contributed by atoms with Gasteiger partial charge in [-0.15, -0.1) is 0 Å². The number of nitrogens with zero attached hydrogens (tertiary/aromatic N) is 2. The summed E-state index contributed by atoms with van der Waals surface area (Å²) in [6.45, 7) is 0. The second kappa shape index (κ2) is 3.20. The topological polar surface area (TPSA) is 65.2 Å². The standard InChI is InChI=1S/C6H10N2O2/c9-7-5-3-1-2-4-6(5)8-10/h9-10H,1-4H2/b7-5+,8-6+. The van der Waals surface area contributed by atoms with Gasteiger partial charge in [0.05, 0.1) is 0 Å². The van der Waals surface area contributed by atoms with Crippen molar-refractivity contribution in [3.05, 3.63) is 0 Å². The van der Waals surface area contributed by atoms with E-state index in [1.165, 1.54) is 0 Å². The number of oxime groups is 2. The van der Waals surface area contributed by atoms with Crippen LogP contribution in [0.25, 0.3) is 0 Å². The number of hydrogen-bond acceptors (Lipinski definition) is 4. The predicted molar refractivity (Wildman–Crippen MR) is 36.9 cm³/mol. The first-order chi connectivity index (χ1) is 4.88. The largest absolute Gasteiger partial charge is 0.411 e. The monoisotopic (exact) mass is 142 g/mol. The molecule has 1 fully saturated rings. The third kappa shape index (κ3) is 1.26. The molecule has 0 atom stereocenters. The molecule has 0 aromatic rings. The molecule has 0 heterocycles. The molecule has 1 rings (SSSR count). The van der Waals surface area contributed by atoms with E-state index in [4.69, 9.17) is 10.4 Å². The van der Waals surface area contributed by atoms with Crippen LogP contribution in [0.5, 0.6) is 0 Å². The summed E-state index contributed by atoms with van der Waals surface area (Å²) < 4.78 is 0. The van der Waals surface area contributed by atoms with E-state index in [1.54, 1.807) is 0 Å². The zero-order valence-electron chi connectivity index (χ0n) is 5.62. The van der Waals surface area contributed by atoms with Crippen LogP contribution >= 0.6 is 0 Å². The van der Waals surface area contributed by atoms with Gasteiger partial charge in [0.2, 0.25) is 0 Å². The quantitative estimate of drug-likeness (QED) is 0.394. The average Bonchev–Trinajstić information content (AvgIpc) is 2.04. The Balaban J connectivity index is 2.69. The Bertz CT molecular complexity index is 155. The highest BCUT2D eigenvalue weighted by atomic mass is 16.4. The summed E-state index contributed by atoms with van der Waals surface area (Å²) in [6, 6.07) is 0. The van der Waals surface area contributed by atoms with Crippen molar-refractivity contribution in [3.63, 3.8) is 0 Å². The normalized spacial score (nSPS) is 27.6. The number of rotatable bonds is 0. The molecule has 2 N–H and O–H groups in total. The first kappa shape index (κ1) is 7.05. The highest BCUT2D eigenvalue weighted by molar-refractivity contribution is 6.42. The fraction of sp³-hybridized carbons (Fsp3) is 0.667. The van der Waals surface area contributed by atoms with E-state index in [9.17, 15) is 0 Å². The highest BCUT2D eigenvalue weighted by Gasteiger charge is 2.15. The SMILES string of the molecule is O/N=C1\CCCC\C1=N/O. The highest BCUT2D eigenvalue weighted by Crippen LogP contribution is 2.12. The summed E-state index contributed by atoms with van der Waals surface area (Å²) in [7, 11) is 0. The molecule has 0 aromatic carbocycles. The lowest BCUT2D eigenvalue weighted by molar-refractivity contribution is 0.310. The molecule has 1 saturated carbocycles. The zero-order valence-corrected chi connectivity index (χ0v) is 5.62. The van der Waals surface area contributed by atoms with Gasteiger partial charge in [-0.2, -0.15) is 0 Å². The first-order valence-corrected chi connectivity index (χ1v) is 3.30. The van der Waals surface area contributed by atoms with Crippen LogP contribution in [0.15, 0.2) is 10.3 Å². The molecule has 0 saturated heterocycles. The molecule has 0 aliphatic heterocycles. The lowest BCUT2D eigenvalue weighted by atomic mass is 9.97. The van der Waals surface area contributed by atoms with E-state index in [1.807, 2.05) is 0 Å². The maximum Gasteiger partial charge on any atom is 0.104 e. The summed E-state index contributed by atoms with van der Waals surface area (Å²) >= 11 is 0. The Morgan fingerprint density at radius 3 is 1.60 bits per heavy atom. The van der Waals surface area contributed by atoms with Crippen LogP contribution in [-0.4, -0.2) is 21.8 Å². The smallest absolute Gasteiger partial charge is 0.104 e. The maximum atomic E-state index is 8.39. The van der Waals surface area contributed by atoms with Crippen LogP contribution in [0.4, 0.5) is 0 Å². The predicted octanol–water partition coefficient (Wildman–Crippen LogP) is 1.22. The van der Waals surface area contributed by atoms with E-state index < -0.39 is 0 Å². The van der Waals surface area contributed by atoms with Gasteiger partial charge in [-0.3, -0.25) is 0 Å². The van der Waals surface area contributed by atoms with Crippen LogP contribution in [0.1, 0.15) is 25.7 Å². The Morgan fingerprint density at radius 2 is 1.30 bits per heavy atom. The molecule has 4 nitrogen and oxygen atoms in total. The second-order valence-electron chi connectivity index (χ2n) is 2.30. The zero-order chi connectivity index (χ0) is 7.40. The summed E-state index contributed by atoms with van der Waals surface area (Å²) in [5, 5.41) is 22.8. The molecule has 0 aromatic heterocycles. The van der Waals surface area contributed by atoms with Crippen LogP contribution in [0.3, 0.4) is 0 Å². The van der Waals surface area contributed by atoms with Crippen molar-refractivity contribution >= 4 is 11.4 Å². The lowest BCUT2D eigenvalue weighted by Gasteiger charge is -2.11. The second-order valence-corrected chi connectivity index (χ2v) is 2.30. The minimum absolute atomic E-state index is 0.522. The third-order valence-corrected chi connectivity index (χ3v) is 1.65. The molecule has 1 aliphatic carbocycles. The Kier molecular flexibility index (Phi) is 2.25. The van der Waals surface area contributed by atoms with Gasteiger partial charge in [0, 0.05) is 0 Å². The lowest BCUT2D eigenvalue weighted by Crippen LogP contribution is -2.18. The Morgan fingerprint density at radius 1 is 0.900 bits per heavy atom. The Hall–Kier alpha value is -1.06. The molecular weight excluding hydrogens is 132 g/mol. The summed E-state index contributed by atoms with van der Waals surface area (Å²) in [5.41, 5.74) is 1.04. The molecule has 4 heteroatoms. The number of hydrogen-bond donors (Lipinski definition) is 2. The van der Waals surface area contributed by atoms with Crippen molar-refractivity contribution in [1.82, 2.24) is 0 Å². The maximum absolute atomic E-state index is 8.39. The van der Waals surface area contributed by atoms with Gasteiger partial charge in [-0.25, -0.2) is 0 Å². The molecule has 1 aliphatic rings. The van der Waals surface area contributed by atoms with E-state index >= 15 is 0 Å². The molecule has 0 amide bonds. The third-order valence-electron chi connectivity index (χ3n) is 1.65. The van der Waals surface area contributed by atoms with Crippen LogP contribution in [-0.2, 0) is 0 Å².